The molecule has 1 aliphatic heterocycles. The molecular weight excluding hydrogens is 296 g/mol. The van der Waals surface area contributed by atoms with Gasteiger partial charge in [0.05, 0.1) is 0 Å². The van der Waals surface area contributed by atoms with Crippen molar-refractivity contribution in [2.45, 2.75) is 32.7 Å². The maximum absolute atomic E-state index is 12.0. The fourth-order valence-electron chi connectivity index (χ4n) is 2.36. The molecule has 1 unspecified atom stereocenters. The first-order valence-corrected chi connectivity index (χ1v) is 7.94. The van der Waals surface area contributed by atoms with Crippen LogP contribution in [0.1, 0.15) is 25.8 Å². The number of nitrogens with zero attached hydrogens (tertiary/aromatic N) is 1. The lowest BCUT2D eigenvalue weighted by Gasteiger charge is -2.20. The smallest absolute Gasteiger partial charge is 0.244 e. The molecule has 1 aliphatic rings. The Labute approximate surface area is 136 Å². The van der Waals surface area contributed by atoms with Crippen LogP contribution in [0.5, 0.6) is 11.5 Å². The Hall–Kier alpha value is -2.24. The van der Waals surface area contributed by atoms with Gasteiger partial charge in [0, 0.05) is 20.0 Å². The average Bonchev–Trinajstić information content (AvgIpc) is 2.58. The lowest BCUT2D eigenvalue weighted by Crippen LogP contribution is -2.45. The van der Waals surface area contributed by atoms with E-state index in [1.807, 2.05) is 25.1 Å². The molecule has 0 aliphatic carbocycles. The highest BCUT2D eigenvalue weighted by atomic mass is 16.6. The molecule has 1 aromatic rings. The number of hydrogen-bond donors (Lipinski definition) is 1. The van der Waals surface area contributed by atoms with Crippen molar-refractivity contribution in [3.8, 4) is 11.5 Å². The number of rotatable bonds is 6. The molecule has 1 aromatic carbocycles. The molecule has 2 amide bonds. The highest BCUT2D eigenvalue weighted by Crippen LogP contribution is 2.31. The van der Waals surface area contributed by atoms with Crippen molar-refractivity contribution < 1.29 is 19.1 Å². The number of hydrogen-bond acceptors (Lipinski definition) is 4. The Morgan fingerprint density at radius 2 is 1.96 bits per heavy atom. The molecule has 0 fully saturated rings. The molecule has 126 valence electrons. The van der Waals surface area contributed by atoms with Gasteiger partial charge in [0.25, 0.3) is 0 Å². The van der Waals surface area contributed by atoms with Crippen LogP contribution in [0.15, 0.2) is 18.2 Å². The second-order valence-electron chi connectivity index (χ2n) is 5.62. The summed E-state index contributed by atoms with van der Waals surface area (Å²) in [7, 11) is 1.72. The number of fused-ring (bicyclic) bond motifs is 1. The van der Waals surface area contributed by atoms with Gasteiger partial charge in [-0.15, -0.1) is 0 Å². The van der Waals surface area contributed by atoms with Crippen LogP contribution in [0.25, 0.3) is 0 Å². The van der Waals surface area contributed by atoms with Crippen molar-refractivity contribution in [3.63, 3.8) is 0 Å². The number of carbonyl (C=O) groups is 2. The van der Waals surface area contributed by atoms with Gasteiger partial charge in [-0.1, -0.05) is 6.07 Å². The summed E-state index contributed by atoms with van der Waals surface area (Å²) in [4.78, 5) is 25.5. The Balaban J connectivity index is 1.83. The number of aryl methyl sites for hydroxylation is 1. The van der Waals surface area contributed by atoms with Crippen molar-refractivity contribution in [1.82, 2.24) is 10.2 Å². The third-order valence-corrected chi connectivity index (χ3v) is 3.85. The predicted molar refractivity (Wildman–Crippen MR) is 86.7 cm³/mol. The first-order chi connectivity index (χ1) is 11.0. The quantitative estimate of drug-likeness (QED) is 0.860. The minimum absolute atomic E-state index is 0.0832. The number of amides is 2. The monoisotopic (exact) mass is 320 g/mol. The summed E-state index contributed by atoms with van der Waals surface area (Å²) < 4.78 is 11.0. The van der Waals surface area contributed by atoms with Gasteiger partial charge in [-0.05, 0) is 38.0 Å². The van der Waals surface area contributed by atoms with Crippen LogP contribution < -0.4 is 14.8 Å². The molecule has 0 spiro atoms. The Kier molecular flexibility index (Phi) is 5.84. The molecular formula is C17H24N2O4. The van der Waals surface area contributed by atoms with Gasteiger partial charge in [-0.25, -0.2) is 0 Å². The third-order valence-electron chi connectivity index (χ3n) is 3.85. The predicted octanol–water partition coefficient (Wildman–Crippen LogP) is 1.37. The topological polar surface area (TPSA) is 67.9 Å². The fraction of sp³-hybridized carbons (Fsp3) is 0.529. The summed E-state index contributed by atoms with van der Waals surface area (Å²) in [6.45, 7) is 5.33. The Morgan fingerprint density at radius 1 is 1.26 bits per heavy atom. The van der Waals surface area contributed by atoms with Gasteiger partial charge in [-0.3, -0.25) is 9.59 Å². The van der Waals surface area contributed by atoms with E-state index in [0.29, 0.717) is 32.6 Å². The largest absolute Gasteiger partial charge is 0.486 e. The van der Waals surface area contributed by atoms with Gasteiger partial charge in [-0.2, -0.15) is 0 Å². The standard InChI is InChI=1S/C17H24N2O4/c1-4-19(3)17(21)12(2)18-16(20)8-6-13-5-7-14-15(11-13)23-10-9-22-14/h5,7,11-12H,4,6,8-10H2,1-3H3,(H,18,20). The number of carbonyl (C=O) groups excluding carboxylic acids is 2. The fourth-order valence-corrected chi connectivity index (χ4v) is 2.36. The zero-order valence-corrected chi connectivity index (χ0v) is 13.9. The normalized spacial score (nSPS) is 14.0. The number of benzene rings is 1. The maximum Gasteiger partial charge on any atom is 0.244 e. The highest BCUT2D eigenvalue weighted by Gasteiger charge is 2.18. The van der Waals surface area contributed by atoms with E-state index in [9.17, 15) is 9.59 Å². The second kappa shape index (κ2) is 7.85. The van der Waals surface area contributed by atoms with E-state index in [4.69, 9.17) is 9.47 Å². The molecule has 0 bridgehead atoms. The first-order valence-electron chi connectivity index (χ1n) is 7.94. The summed E-state index contributed by atoms with van der Waals surface area (Å²) >= 11 is 0. The summed E-state index contributed by atoms with van der Waals surface area (Å²) in [6, 6.07) is 5.19. The molecule has 2 rings (SSSR count). The van der Waals surface area contributed by atoms with Crippen molar-refractivity contribution in [1.29, 1.82) is 0 Å². The van der Waals surface area contributed by atoms with Gasteiger partial charge in [0.2, 0.25) is 11.8 Å². The van der Waals surface area contributed by atoms with Crippen LogP contribution in [0, 0.1) is 0 Å². The summed E-state index contributed by atoms with van der Waals surface area (Å²) in [5.74, 6) is 1.25. The summed E-state index contributed by atoms with van der Waals surface area (Å²) in [5, 5.41) is 2.74. The molecule has 0 saturated carbocycles. The van der Waals surface area contributed by atoms with E-state index in [1.165, 1.54) is 0 Å². The van der Waals surface area contributed by atoms with E-state index in [2.05, 4.69) is 5.32 Å². The second-order valence-corrected chi connectivity index (χ2v) is 5.62. The Morgan fingerprint density at radius 3 is 2.65 bits per heavy atom. The summed E-state index contributed by atoms with van der Waals surface area (Å²) in [6.07, 6.45) is 0.917. The van der Waals surface area contributed by atoms with Crippen LogP contribution in [0.2, 0.25) is 0 Å². The molecule has 23 heavy (non-hydrogen) atoms. The van der Waals surface area contributed by atoms with Crippen LogP contribution in [-0.2, 0) is 16.0 Å². The summed E-state index contributed by atoms with van der Waals surface area (Å²) in [5.41, 5.74) is 1.01. The van der Waals surface area contributed by atoms with Crippen LogP contribution in [0.4, 0.5) is 0 Å². The molecule has 6 nitrogen and oxygen atoms in total. The van der Waals surface area contributed by atoms with E-state index < -0.39 is 6.04 Å². The average molecular weight is 320 g/mol. The van der Waals surface area contributed by atoms with Crippen molar-refractivity contribution in [2.24, 2.45) is 0 Å². The SMILES string of the molecule is CCN(C)C(=O)C(C)NC(=O)CCc1ccc2c(c1)OCCO2. The van der Waals surface area contributed by atoms with E-state index >= 15 is 0 Å². The van der Waals surface area contributed by atoms with Crippen LogP contribution >= 0.6 is 0 Å². The molecule has 6 heteroatoms. The van der Waals surface area contributed by atoms with Crippen molar-refractivity contribution in [2.75, 3.05) is 26.8 Å². The van der Waals surface area contributed by atoms with E-state index in [-0.39, 0.29) is 11.8 Å². The van der Waals surface area contributed by atoms with Crippen LogP contribution in [0.3, 0.4) is 0 Å². The molecule has 1 N–H and O–H groups in total. The number of likely N-dealkylation sites (N-methyl/N-ethyl adjacent to an activating group) is 1. The van der Waals surface area contributed by atoms with Gasteiger partial charge in [0.15, 0.2) is 11.5 Å². The zero-order valence-electron chi connectivity index (χ0n) is 13.9. The molecule has 1 heterocycles. The highest BCUT2D eigenvalue weighted by molar-refractivity contribution is 5.87. The minimum atomic E-state index is -0.507. The number of nitrogens with one attached hydrogen (secondary N) is 1. The Bertz CT molecular complexity index is 574. The van der Waals surface area contributed by atoms with Gasteiger partial charge >= 0.3 is 0 Å². The molecule has 1 atom stereocenters. The van der Waals surface area contributed by atoms with E-state index in [1.54, 1.807) is 18.9 Å². The van der Waals surface area contributed by atoms with Gasteiger partial charge < -0.3 is 19.7 Å². The molecule has 0 saturated heterocycles. The molecule has 0 radical (unpaired) electrons. The van der Waals surface area contributed by atoms with Crippen LogP contribution in [-0.4, -0.2) is 49.6 Å². The zero-order chi connectivity index (χ0) is 16.8. The maximum atomic E-state index is 12.0. The third kappa shape index (κ3) is 4.61. The van der Waals surface area contributed by atoms with E-state index in [0.717, 1.165) is 17.1 Å². The molecule has 0 aromatic heterocycles. The minimum Gasteiger partial charge on any atom is -0.486 e. The van der Waals surface area contributed by atoms with Crippen molar-refractivity contribution in [3.05, 3.63) is 23.8 Å². The first kappa shape index (κ1) is 17.1. The van der Waals surface area contributed by atoms with Crippen molar-refractivity contribution >= 4 is 11.8 Å². The lowest BCUT2D eigenvalue weighted by molar-refractivity contribution is -0.134. The lowest BCUT2D eigenvalue weighted by atomic mass is 10.1. The van der Waals surface area contributed by atoms with Gasteiger partial charge in [0.1, 0.15) is 19.3 Å². The number of ether oxygens (including phenoxy) is 2.